The number of ether oxygens (including phenoxy) is 1. The van der Waals surface area contributed by atoms with Gasteiger partial charge in [0, 0.05) is 10.7 Å². The predicted molar refractivity (Wildman–Crippen MR) is 105 cm³/mol. The molecule has 1 amide bonds. The monoisotopic (exact) mass is 398 g/mol. The molecule has 0 aliphatic carbocycles. The molecular formula is C20H19ClN4O3. The number of rotatable bonds is 6. The molecule has 0 saturated carbocycles. The summed E-state index contributed by atoms with van der Waals surface area (Å²) in [6.07, 6.45) is 0.478. The average Bonchev–Trinajstić information content (AvgIpc) is 3.14. The van der Waals surface area contributed by atoms with E-state index in [1.165, 1.54) is 17.8 Å². The van der Waals surface area contributed by atoms with Crippen molar-refractivity contribution in [1.82, 2.24) is 15.0 Å². The van der Waals surface area contributed by atoms with Gasteiger partial charge in [0.1, 0.15) is 0 Å². The summed E-state index contributed by atoms with van der Waals surface area (Å²) in [6.45, 7) is 3.81. The van der Waals surface area contributed by atoms with Crippen molar-refractivity contribution in [1.29, 1.82) is 0 Å². The van der Waals surface area contributed by atoms with Gasteiger partial charge in [-0.3, -0.25) is 4.79 Å². The van der Waals surface area contributed by atoms with Gasteiger partial charge >= 0.3 is 5.97 Å². The second kappa shape index (κ2) is 8.67. The van der Waals surface area contributed by atoms with Crippen LogP contribution in [0.1, 0.15) is 28.5 Å². The van der Waals surface area contributed by atoms with Crippen LogP contribution in [0.3, 0.4) is 0 Å². The molecule has 1 N–H and O–H groups in total. The maximum absolute atomic E-state index is 12.3. The summed E-state index contributed by atoms with van der Waals surface area (Å²) in [7, 11) is 0. The molecule has 0 bridgehead atoms. The third kappa shape index (κ3) is 4.95. The van der Waals surface area contributed by atoms with E-state index in [2.05, 4.69) is 15.6 Å². The van der Waals surface area contributed by atoms with Crippen LogP contribution in [0.25, 0.3) is 0 Å². The highest BCUT2D eigenvalue weighted by Gasteiger charge is 2.21. The zero-order valence-electron chi connectivity index (χ0n) is 15.4. The standard InChI is InChI=1S/C20H19ClN4O3/c1-13-8-9-16(21)10-17(13)22-19(26)14(2)28-20(27)18-12-25(24-23-18)11-15-6-4-3-5-7-15/h3-10,12,14H,11H2,1-2H3,(H,22,26). The van der Waals surface area contributed by atoms with E-state index in [-0.39, 0.29) is 5.69 Å². The normalized spacial score (nSPS) is 11.7. The number of nitrogens with zero attached hydrogens (tertiary/aromatic N) is 3. The van der Waals surface area contributed by atoms with Gasteiger partial charge in [-0.05, 0) is 37.1 Å². The molecule has 1 aromatic heterocycles. The number of hydrogen-bond donors (Lipinski definition) is 1. The number of aromatic nitrogens is 3. The van der Waals surface area contributed by atoms with Crippen molar-refractivity contribution in [2.75, 3.05) is 5.32 Å². The van der Waals surface area contributed by atoms with E-state index < -0.39 is 18.0 Å². The Kier molecular flexibility index (Phi) is 6.06. The van der Waals surface area contributed by atoms with Gasteiger partial charge in [-0.1, -0.05) is 53.2 Å². The molecule has 3 rings (SSSR count). The topological polar surface area (TPSA) is 86.1 Å². The van der Waals surface area contributed by atoms with Crippen molar-refractivity contribution in [3.8, 4) is 0 Å². The minimum Gasteiger partial charge on any atom is -0.448 e. The summed E-state index contributed by atoms with van der Waals surface area (Å²) in [6, 6.07) is 14.8. The Labute approximate surface area is 167 Å². The molecule has 0 aliphatic rings. The van der Waals surface area contributed by atoms with Crippen molar-refractivity contribution in [2.24, 2.45) is 0 Å². The van der Waals surface area contributed by atoms with Crippen molar-refractivity contribution in [3.63, 3.8) is 0 Å². The maximum Gasteiger partial charge on any atom is 0.361 e. The maximum atomic E-state index is 12.3. The fraction of sp³-hybridized carbons (Fsp3) is 0.200. The van der Waals surface area contributed by atoms with E-state index in [4.69, 9.17) is 16.3 Å². The fourth-order valence-corrected chi connectivity index (χ4v) is 2.65. The van der Waals surface area contributed by atoms with Gasteiger partial charge in [0.2, 0.25) is 0 Å². The fourth-order valence-electron chi connectivity index (χ4n) is 2.48. The first-order chi connectivity index (χ1) is 13.4. The van der Waals surface area contributed by atoms with Crippen LogP contribution in [0, 0.1) is 6.92 Å². The summed E-state index contributed by atoms with van der Waals surface area (Å²) in [4.78, 5) is 24.6. The molecule has 0 saturated heterocycles. The van der Waals surface area contributed by atoms with E-state index in [0.29, 0.717) is 17.3 Å². The Morgan fingerprint density at radius 1 is 1.21 bits per heavy atom. The van der Waals surface area contributed by atoms with Gasteiger partial charge in [0.05, 0.1) is 12.7 Å². The van der Waals surface area contributed by atoms with Crippen LogP contribution in [-0.4, -0.2) is 33.0 Å². The molecule has 0 aliphatic heterocycles. The molecule has 0 spiro atoms. The summed E-state index contributed by atoms with van der Waals surface area (Å²) < 4.78 is 6.74. The van der Waals surface area contributed by atoms with Crippen LogP contribution >= 0.6 is 11.6 Å². The van der Waals surface area contributed by atoms with Crippen LogP contribution in [-0.2, 0) is 16.1 Å². The number of benzene rings is 2. The minimum absolute atomic E-state index is 0.0366. The summed E-state index contributed by atoms with van der Waals surface area (Å²) in [5.41, 5.74) is 2.47. The van der Waals surface area contributed by atoms with Crippen LogP contribution in [0.5, 0.6) is 0 Å². The first-order valence-corrected chi connectivity index (χ1v) is 9.02. The molecule has 1 atom stereocenters. The molecule has 144 valence electrons. The summed E-state index contributed by atoms with van der Waals surface area (Å²) >= 11 is 5.95. The SMILES string of the molecule is Cc1ccc(Cl)cc1NC(=O)C(C)OC(=O)c1cn(Cc2ccccc2)nn1. The number of anilines is 1. The number of hydrogen-bond acceptors (Lipinski definition) is 5. The Hall–Kier alpha value is -3.19. The number of aryl methyl sites for hydroxylation is 1. The van der Waals surface area contributed by atoms with Crippen molar-refractivity contribution in [3.05, 3.63) is 76.6 Å². The Balaban J connectivity index is 1.59. The van der Waals surface area contributed by atoms with E-state index in [0.717, 1.165) is 11.1 Å². The number of halogens is 1. The number of amides is 1. The number of esters is 1. The van der Waals surface area contributed by atoms with E-state index in [1.807, 2.05) is 37.3 Å². The third-order valence-corrected chi connectivity index (χ3v) is 4.28. The second-order valence-electron chi connectivity index (χ2n) is 6.28. The molecule has 8 heteroatoms. The predicted octanol–water partition coefficient (Wildman–Crippen LogP) is 3.47. The molecule has 1 heterocycles. The van der Waals surface area contributed by atoms with Crippen molar-refractivity contribution in [2.45, 2.75) is 26.5 Å². The highest BCUT2D eigenvalue weighted by atomic mass is 35.5. The van der Waals surface area contributed by atoms with Gasteiger partial charge in [-0.2, -0.15) is 0 Å². The Bertz CT molecular complexity index is 988. The molecule has 2 aromatic carbocycles. The Morgan fingerprint density at radius 3 is 2.71 bits per heavy atom. The number of carbonyl (C=O) groups is 2. The third-order valence-electron chi connectivity index (χ3n) is 4.05. The number of nitrogens with one attached hydrogen (secondary N) is 1. The lowest BCUT2D eigenvalue weighted by Crippen LogP contribution is -2.30. The largest absolute Gasteiger partial charge is 0.448 e. The van der Waals surface area contributed by atoms with Gasteiger partial charge in [-0.15, -0.1) is 5.10 Å². The number of carbonyl (C=O) groups excluding carboxylic acids is 2. The highest BCUT2D eigenvalue weighted by molar-refractivity contribution is 6.31. The summed E-state index contributed by atoms with van der Waals surface area (Å²) in [5, 5.41) is 11.0. The highest BCUT2D eigenvalue weighted by Crippen LogP contribution is 2.20. The van der Waals surface area contributed by atoms with Gasteiger partial charge in [0.25, 0.3) is 5.91 Å². The molecule has 7 nitrogen and oxygen atoms in total. The smallest absolute Gasteiger partial charge is 0.361 e. The van der Waals surface area contributed by atoms with Gasteiger partial charge in [0.15, 0.2) is 11.8 Å². The lowest BCUT2D eigenvalue weighted by molar-refractivity contribution is -0.123. The molecule has 3 aromatic rings. The quantitative estimate of drug-likeness (QED) is 0.642. The molecule has 28 heavy (non-hydrogen) atoms. The molecule has 0 fully saturated rings. The van der Waals surface area contributed by atoms with E-state index in [9.17, 15) is 9.59 Å². The average molecular weight is 399 g/mol. The van der Waals surface area contributed by atoms with Crippen LogP contribution in [0.2, 0.25) is 5.02 Å². The van der Waals surface area contributed by atoms with Crippen molar-refractivity contribution < 1.29 is 14.3 Å². The zero-order chi connectivity index (χ0) is 20.1. The second-order valence-corrected chi connectivity index (χ2v) is 6.72. The lowest BCUT2D eigenvalue weighted by atomic mass is 10.2. The minimum atomic E-state index is -1.01. The first kappa shape index (κ1) is 19.6. The first-order valence-electron chi connectivity index (χ1n) is 8.64. The zero-order valence-corrected chi connectivity index (χ0v) is 16.2. The van der Waals surface area contributed by atoms with Gasteiger partial charge in [-0.25, -0.2) is 9.48 Å². The summed E-state index contributed by atoms with van der Waals surface area (Å²) in [5.74, 6) is -1.18. The van der Waals surface area contributed by atoms with Crippen molar-refractivity contribution >= 4 is 29.2 Å². The van der Waals surface area contributed by atoms with E-state index >= 15 is 0 Å². The van der Waals surface area contributed by atoms with E-state index in [1.54, 1.807) is 18.2 Å². The van der Waals surface area contributed by atoms with Crippen LogP contribution in [0.15, 0.2) is 54.7 Å². The van der Waals surface area contributed by atoms with Gasteiger partial charge < -0.3 is 10.1 Å². The van der Waals surface area contributed by atoms with Crippen LogP contribution in [0.4, 0.5) is 5.69 Å². The lowest BCUT2D eigenvalue weighted by Gasteiger charge is -2.14. The Morgan fingerprint density at radius 2 is 1.96 bits per heavy atom. The molecular weight excluding hydrogens is 380 g/mol. The molecule has 0 radical (unpaired) electrons. The molecule has 1 unspecified atom stereocenters. The van der Waals surface area contributed by atoms with Crippen LogP contribution < -0.4 is 5.32 Å².